The molecule has 0 N–H and O–H groups in total. The van der Waals surface area contributed by atoms with Gasteiger partial charge in [0.05, 0.1) is 17.6 Å². The van der Waals surface area contributed by atoms with Crippen molar-refractivity contribution in [1.29, 1.82) is 0 Å². The maximum absolute atomic E-state index is 6.31. The molecule has 0 aliphatic carbocycles. The van der Waals surface area contributed by atoms with Gasteiger partial charge in [0.25, 0.3) is 0 Å². The summed E-state index contributed by atoms with van der Waals surface area (Å²) < 4.78 is 2.24. The van der Waals surface area contributed by atoms with Crippen LogP contribution in [-0.4, -0.2) is 15.3 Å². The van der Waals surface area contributed by atoms with Gasteiger partial charge in [-0.2, -0.15) is 0 Å². The summed E-state index contributed by atoms with van der Waals surface area (Å²) in [5, 5.41) is 0.806. The third kappa shape index (κ3) is 3.16. The fraction of sp³-hybridized carbons (Fsp3) is 0.278. The minimum atomic E-state index is 0.754. The van der Waals surface area contributed by atoms with Gasteiger partial charge < -0.3 is 4.57 Å². The molecule has 0 radical (unpaired) electrons. The fourth-order valence-corrected chi connectivity index (χ4v) is 3.52. The first-order valence-corrected chi connectivity index (χ1v) is 8.88. The largest absolute Gasteiger partial charge is 0.324 e. The third-order valence-corrected chi connectivity index (χ3v) is 5.24. The molecular formula is C18H19ClN2S. The van der Waals surface area contributed by atoms with Crippen molar-refractivity contribution < 1.29 is 0 Å². The average Bonchev–Trinajstić information content (AvgIpc) is 2.83. The van der Waals surface area contributed by atoms with Gasteiger partial charge in [-0.3, -0.25) is 0 Å². The quantitative estimate of drug-likeness (QED) is 0.571. The Labute approximate surface area is 140 Å². The van der Waals surface area contributed by atoms with Gasteiger partial charge in [-0.15, -0.1) is 11.8 Å². The summed E-state index contributed by atoms with van der Waals surface area (Å²) in [7, 11) is 0. The lowest BCUT2D eigenvalue weighted by Crippen LogP contribution is -2.02. The molecule has 3 rings (SSSR count). The maximum Gasteiger partial charge on any atom is 0.107 e. The molecule has 4 heteroatoms. The fourth-order valence-electron chi connectivity index (χ4n) is 2.53. The van der Waals surface area contributed by atoms with E-state index < -0.39 is 0 Å². The van der Waals surface area contributed by atoms with Crippen LogP contribution >= 0.6 is 23.4 Å². The molecule has 2 nitrogen and oxygen atoms in total. The number of aryl methyl sites for hydroxylation is 1. The maximum atomic E-state index is 6.31. The number of halogens is 1. The van der Waals surface area contributed by atoms with Crippen LogP contribution in [0, 0.1) is 6.92 Å². The second-order valence-electron chi connectivity index (χ2n) is 5.34. The minimum absolute atomic E-state index is 0.754. The molecule has 0 saturated carbocycles. The summed E-state index contributed by atoms with van der Waals surface area (Å²) in [5.74, 6) is 2.16. The zero-order chi connectivity index (χ0) is 15.5. The molecule has 3 aromatic rings. The number of rotatable bonds is 5. The molecule has 0 unspecified atom stereocenters. The Kier molecular flexibility index (Phi) is 4.74. The second-order valence-corrected chi connectivity index (χ2v) is 6.91. The van der Waals surface area contributed by atoms with Crippen molar-refractivity contribution in [3.8, 4) is 0 Å². The number of benzene rings is 2. The summed E-state index contributed by atoms with van der Waals surface area (Å²) >= 11 is 8.20. The van der Waals surface area contributed by atoms with Gasteiger partial charge >= 0.3 is 0 Å². The number of nitrogens with zero attached hydrogens (tertiary/aromatic N) is 2. The smallest absolute Gasteiger partial charge is 0.107 e. The highest BCUT2D eigenvalue weighted by Crippen LogP contribution is 2.26. The van der Waals surface area contributed by atoms with Gasteiger partial charge in [-0.05, 0) is 48.9 Å². The molecule has 0 bridgehead atoms. The number of hydrogen-bond donors (Lipinski definition) is 0. The first-order valence-electron chi connectivity index (χ1n) is 7.52. The second kappa shape index (κ2) is 6.76. The van der Waals surface area contributed by atoms with Gasteiger partial charge in [-0.25, -0.2) is 4.98 Å². The lowest BCUT2D eigenvalue weighted by molar-refractivity contribution is 0.785. The molecule has 2 aromatic carbocycles. The predicted octanol–water partition coefficient (Wildman–Crippen LogP) is 5.55. The van der Waals surface area contributed by atoms with Crippen molar-refractivity contribution in [2.75, 3.05) is 5.75 Å². The van der Waals surface area contributed by atoms with Crippen LogP contribution in [0.3, 0.4) is 0 Å². The predicted molar refractivity (Wildman–Crippen MR) is 96.0 cm³/mol. The van der Waals surface area contributed by atoms with Crippen LogP contribution in [0.5, 0.6) is 0 Å². The zero-order valence-corrected chi connectivity index (χ0v) is 14.4. The lowest BCUT2D eigenvalue weighted by atomic mass is 10.2. The number of thioether (sulfide) groups is 1. The van der Waals surface area contributed by atoms with Crippen LogP contribution < -0.4 is 0 Å². The Morgan fingerprint density at radius 2 is 2.00 bits per heavy atom. The van der Waals surface area contributed by atoms with Crippen molar-refractivity contribution in [2.45, 2.75) is 31.7 Å². The molecule has 1 heterocycles. The van der Waals surface area contributed by atoms with E-state index in [1.807, 2.05) is 30.0 Å². The molecule has 1 aromatic heterocycles. The molecule has 0 aliphatic heterocycles. The van der Waals surface area contributed by atoms with Crippen LogP contribution in [-0.2, 0) is 6.54 Å². The van der Waals surface area contributed by atoms with E-state index in [1.54, 1.807) is 0 Å². The standard InChI is InChI=1S/C18H19ClN2S/c1-3-10-22-15-8-9-17-18(11-15)21(13(2)20-17)12-14-6-4-5-7-16(14)19/h4-9,11H,3,10,12H2,1-2H3. The van der Waals surface area contributed by atoms with E-state index in [9.17, 15) is 0 Å². The minimum Gasteiger partial charge on any atom is -0.324 e. The van der Waals surface area contributed by atoms with Crippen molar-refractivity contribution in [2.24, 2.45) is 0 Å². The first-order chi connectivity index (χ1) is 10.7. The van der Waals surface area contributed by atoms with E-state index >= 15 is 0 Å². The van der Waals surface area contributed by atoms with Crippen LogP contribution in [0.4, 0.5) is 0 Å². The Morgan fingerprint density at radius 3 is 2.77 bits per heavy atom. The van der Waals surface area contributed by atoms with E-state index in [0.717, 1.165) is 34.2 Å². The molecule has 0 atom stereocenters. The van der Waals surface area contributed by atoms with Crippen molar-refractivity contribution in [3.05, 3.63) is 58.9 Å². The van der Waals surface area contributed by atoms with Crippen molar-refractivity contribution >= 4 is 34.4 Å². The Morgan fingerprint density at radius 1 is 1.18 bits per heavy atom. The average molecular weight is 331 g/mol. The molecule has 0 aliphatic rings. The zero-order valence-electron chi connectivity index (χ0n) is 12.8. The van der Waals surface area contributed by atoms with E-state index in [4.69, 9.17) is 11.6 Å². The molecule has 22 heavy (non-hydrogen) atoms. The first kappa shape index (κ1) is 15.4. The lowest BCUT2D eigenvalue weighted by Gasteiger charge is -2.09. The van der Waals surface area contributed by atoms with Gasteiger partial charge in [0.2, 0.25) is 0 Å². The Hall–Kier alpha value is -1.45. The van der Waals surface area contributed by atoms with Crippen LogP contribution in [0.1, 0.15) is 24.7 Å². The summed E-state index contributed by atoms with van der Waals surface area (Å²) in [6.07, 6.45) is 1.18. The van der Waals surface area contributed by atoms with E-state index in [1.165, 1.54) is 16.8 Å². The summed E-state index contributed by atoms with van der Waals surface area (Å²) in [6.45, 7) is 5.01. The molecule has 0 fully saturated rings. The highest BCUT2D eigenvalue weighted by atomic mass is 35.5. The SMILES string of the molecule is CCCSc1ccc2nc(C)n(Cc3ccccc3Cl)c2c1. The van der Waals surface area contributed by atoms with Crippen molar-refractivity contribution in [3.63, 3.8) is 0 Å². The number of fused-ring (bicyclic) bond motifs is 1. The number of hydrogen-bond acceptors (Lipinski definition) is 2. The summed E-state index contributed by atoms with van der Waals surface area (Å²) in [6, 6.07) is 14.5. The monoisotopic (exact) mass is 330 g/mol. The van der Waals surface area contributed by atoms with E-state index in [-0.39, 0.29) is 0 Å². The topological polar surface area (TPSA) is 17.8 Å². The van der Waals surface area contributed by atoms with Gasteiger partial charge in [-0.1, -0.05) is 36.7 Å². The highest BCUT2D eigenvalue weighted by molar-refractivity contribution is 7.99. The molecular weight excluding hydrogens is 312 g/mol. The van der Waals surface area contributed by atoms with E-state index in [0.29, 0.717) is 0 Å². The molecule has 114 valence electrons. The van der Waals surface area contributed by atoms with E-state index in [2.05, 4.69) is 47.7 Å². The van der Waals surface area contributed by atoms with Crippen LogP contribution in [0.25, 0.3) is 11.0 Å². The van der Waals surface area contributed by atoms with Gasteiger partial charge in [0, 0.05) is 9.92 Å². The molecule has 0 spiro atoms. The highest BCUT2D eigenvalue weighted by Gasteiger charge is 2.10. The normalized spacial score (nSPS) is 11.2. The third-order valence-electron chi connectivity index (χ3n) is 3.67. The summed E-state index contributed by atoms with van der Waals surface area (Å²) in [5.41, 5.74) is 3.35. The van der Waals surface area contributed by atoms with Crippen molar-refractivity contribution in [1.82, 2.24) is 9.55 Å². The molecule has 0 amide bonds. The summed E-state index contributed by atoms with van der Waals surface area (Å²) in [4.78, 5) is 5.97. The van der Waals surface area contributed by atoms with Crippen LogP contribution in [0.15, 0.2) is 47.4 Å². The van der Waals surface area contributed by atoms with Gasteiger partial charge in [0.1, 0.15) is 5.82 Å². The van der Waals surface area contributed by atoms with Crippen LogP contribution in [0.2, 0.25) is 5.02 Å². The number of aromatic nitrogens is 2. The Bertz CT molecular complexity index is 795. The Balaban J connectivity index is 2.00. The number of imidazole rings is 1. The van der Waals surface area contributed by atoms with Gasteiger partial charge in [0.15, 0.2) is 0 Å². The molecule has 0 saturated heterocycles.